The Morgan fingerprint density at radius 3 is 2.76 bits per heavy atom. The quantitative estimate of drug-likeness (QED) is 0.787. The number of carbonyl (C=O) groups is 1. The van der Waals surface area contributed by atoms with Crippen LogP contribution >= 0.6 is 0 Å². The topological polar surface area (TPSA) is 55.6 Å². The van der Waals surface area contributed by atoms with Crippen LogP contribution in [0.2, 0.25) is 0 Å². The van der Waals surface area contributed by atoms with Crippen LogP contribution in [0.4, 0.5) is 0 Å². The lowest BCUT2D eigenvalue weighted by molar-refractivity contribution is -0.148. The van der Waals surface area contributed by atoms with Crippen molar-refractivity contribution in [2.24, 2.45) is 11.7 Å². The van der Waals surface area contributed by atoms with Crippen LogP contribution in [0.25, 0.3) is 0 Å². The third-order valence-electron chi connectivity index (χ3n) is 3.98. The lowest BCUT2D eigenvalue weighted by atomic mass is 10.0. The molecule has 0 spiro atoms. The first-order valence-corrected chi connectivity index (χ1v) is 6.81. The van der Waals surface area contributed by atoms with Gasteiger partial charge in [-0.3, -0.25) is 4.79 Å². The summed E-state index contributed by atoms with van der Waals surface area (Å²) in [7, 11) is 0. The molecule has 1 amide bonds. The van der Waals surface area contributed by atoms with Gasteiger partial charge in [0.15, 0.2) is 0 Å². The Hall–Kier alpha value is -0.610. The molecule has 0 radical (unpaired) electrons. The number of morpholine rings is 1. The summed E-state index contributed by atoms with van der Waals surface area (Å²) < 4.78 is 5.78. The summed E-state index contributed by atoms with van der Waals surface area (Å²) in [6.07, 6.45) is 4.35. The van der Waals surface area contributed by atoms with Gasteiger partial charge in [-0.1, -0.05) is 13.3 Å². The lowest BCUT2D eigenvalue weighted by Gasteiger charge is -2.38. The molecule has 0 aromatic rings. The number of nitrogens with zero attached hydrogens (tertiary/aromatic N) is 1. The number of rotatable bonds is 2. The molecule has 2 aliphatic rings. The van der Waals surface area contributed by atoms with Crippen LogP contribution in [-0.4, -0.2) is 42.1 Å². The zero-order valence-corrected chi connectivity index (χ0v) is 10.9. The SMILES string of the molecule is CC[C@@H]1CN(C(=O)[C@@H]2CCC[C@@H]2N)C[C@H](C)O1. The summed E-state index contributed by atoms with van der Waals surface area (Å²) in [5, 5.41) is 0. The fourth-order valence-corrected chi connectivity index (χ4v) is 2.98. The largest absolute Gasteiger partial charge is 0.372 e. The molecule has 4 nitrogen and oxygen atoms in total. The summed E-state index contributed by atoms with van der Waals surface area (Å²) >= 11 is 0. The number of amides is 1. The first-order valence-electron chi connectivity index (χ1n) is 6.81. The van der Waals surface area contributed by atoms with E-state index in [2.05, 4.69) is 6.92 Å². The molecule has 0 unspecified atom stereocenters. The van der Waals surface area contributed by atoms with Crippen LogP contribution in [0.3, 0.4) is 0 Å². The van der Waals surface area contributed by atoms with Crippen molar-refractivity contribution < 1.29 is 9.53 Å². The first-order chi connectivity index (χ1) is 8.11. The van der Waals surface area contributed by atoms with Gasteiger partial charge in [-0.25, -0.2) is 0 Å². The average Bonchev–Trinajstić information content (AvgIpc) is 2.73. The molecule has 98 valence electrons. The number of carbonyl (C=O) groups excluding carboxylic acids is 1. The van der Waals surface area contributed by atoms with E-state index in [-0.39, 0.29) is 30.1 Å². The Bertz CT molecular complexity index is 283. The van der Waals surface area contributed by atoms with E-state index in [1.54, 1.807) is 0 Å². The first kappa shape index (κ1) is 12.8. The predicted octanol–water partition coefficient (Wildman–Crippen LogP) is 1.14. The van der Waals surface area contributed by atoms with Gasteiger partial charge in [0, 0.05) is 19.1 Å². The van der Waals surface area contributed by atoms with Gasteiger partial charge in [-0.2, -0.15) is 0 Å². The van der Waals surface area contributed by atoms with Crippen molar-refractivity contribution in [2.45, 2.75) is 57.8 Å². The van der Waals surface area contributed by atoms with E-state index in [1.807, 2.05) is 11.8 Å². The molecule has 1 saturated carbocycles. The molecule has 1 saturated heterocycles. The maximum Gasteiger partial charge on any atom is 0.227 e. The van der Waals surface area contributed by atoms with Crippen molar-refractivity contribution in [2.75, 3.05) is 13.1 Å². The van der Waals surface area contributed by atoms with Crippen LogP contribution in [0.15, 0.2) is 0 Å². The molecule has 0 aromatic carbocycles. The van der Waals surface area contributed by atoms with Gasteiger partial charge < -0.3 is 15.4 Å². The van der Waals surface area contributed by atoms with Crippen molar-refractivity contribution in [3.63, 3.8) is 0 Å². The highest BCUT2D eigenvalue weighted by atomic mass is 16.5. The highest BCUT2D eigenvalue weighted by molar-refractivity contribution is 5.80. The zero-order chi connectivity index (χ0) is 12.4. The molecule has 0 aromatic heterocycles. The van der Waals surface area contributed by atoms with E-state index >= 15 is 0 Å². The van der Waals surface area contributed by atoms with Gasteiger partial charge in [-0.15, -0.1) is 0 Å². The normalized spacial score (nSPS) is 38.4. The highest BCUT2D eigenvalue weighted by Crippen LogP contribution is 2.27. The maximum absolute atomic E-state index is 12.4. The van der Waals surface area contributed by atoms with Gasteiger partial charge in [0.05, 0.1) is 18.1 Å². The third-order valence-corrected chi connectivity index (χ3v) is 3.98. The van der Waals surface area contributed by atoms with Gasteiger partial charge in [-0.05, 0) is 26.2 Å². The Kier molecular flexibility index (Phi) is 4.05. The van der Waals surface area contributed by atoms with Crippen molar-refractivity contribution in [1.82, 2.24) is 4.90 Å². The standard InChI is InChI=1S/C13H24N2O2/c1-3-10-8-15(7-9(2)17-10)13(16)11-5-4-6-12(11)14/h9-12H,3-8,14H2,1-2H3/t9-,10+,11+,12-/m0/s1. The summed E-state index contributed by atoms with van der Waals surface area (Å²) in [4.78, 5) is 14.4. The van der Waals surface area contributed by atoms with Gasteiger partial charge in [0.25, 0.3) is 0 Å². The summed E-state index contributed by atoms with van der Waals surface area (Å²) in [5.41, 5.74) is 6.01. The molecule has 2 N–H and O–H groups in total. The van der Waals surface area contributed by atoms with E-state index in [0.29, 0.717) is 0 Å². The second-order valence-corrected chi connectivity index (χ2v) is 5.42. The lowest BCUT2D eigenvalue weighted by Crippen LogP contribution is -2.52. The van der Waals surface area contributed by atoms with Crippen molar-refractivity contribution in [3.05, 3.63) is 0 Å². The fourth-order valence-electron chi connectivity index (χ4n) is 2.98. The van der Waals surface area contributed by atoms with Crippen LogP contribution in [0, 0.1) is 5.92 Å². The molecular formula is C13H24N2O2. The van der Waals surface area contributed by atoms with Crippen LogP contribution < -0.4 is 5.73 Å². The second kappa shape index (κ2) is 5.36. The van der Waals surface area contributed by atoms with E-state index in [1.165, 1.54) is 0 Å². The molecule has 4 heteroatoms. The van der Waals surface area contributed by atoms with E-state index in [0.717, 1.165) is 38.8 Å². The van der Waals surface area contributed by atoms with Crippen molar-refractivity contribution in [3.8, 4) is 0 Å². The minimum absolute atomic E-state index is 0.0535. The average molecular weight is 240 g/mol. The molecule has 2 rings (SSSR count). The summed E-state index contributed by atoms with van der Waals surface area (Å²) in [6.45, 7) is 5.60. The van der Waals surface area contributed by atoms with E-state index in [4.69, 9.17) is 10.5 Å². The molecule has 1 aliphatic heterocycles. The third kappa shape index (κ3) is 2.80. The fraction of sp³-hybridized carbons (Fsp3) is 0.923. The molecule has 17 heavy (non-hydrogen) atoms. The zero-order valence-electron chi connectivity index (χ0n) is 10.9. The number of ether oxygens (including phenoxy) is 1. The molecular weight excluding hydrogens is 216 g/mol. The molecule has 0 bridgehead atoms. The smallest absolute Gasteiger partial charge is 0.227 e. The Morgan fingerprint density at radius 1 is 1.41 bits per heavy atom. The molecule has 1 aliphatic carbocycles. The predicted molar refractivity (Wildman–Crippen MR) is 66.5 cm³/mol. The number of hydrogen-bond acceptors (Lipinski definition) is 3. The minimum atomic E-state index is 0.0535. The highest BCUT2D eigenvalue weighted by Gasteiger charge is 2.36. The Balaban J connectivity index is 1.98. The van der Waals surface area contributed by atoms with Gasteiger partial charge in [0.2, 0.25) is 5.91 Å². The molecule has 4 atom stereocenters. The van der Waals surface area contributed by atoms with Crippen LogP contribution in [0.5, 0.6) is 0 Å². The van der Waals surface area contributed by atoms with E-state index < -0.39 is 0 Å². The second-order valence-electron chi connectivity index (χ2n) is 5.42. The number of nitrogens with two attached hydrogens (primary N) is 1. The monoisotopic (exact) mass is 240 g/mol. The maximum atomic E-state index is 12.4. The number of hydrogen-bond donors (Lipinski definition) is 1. The van der Waals surface area contributed by atoms with Crippen LogP contribution in [0.1, 0.15) is 39.5 Å². The minimum Gasteiger partial charge on any atom is -0.372 e. The summed E-state index contributed by atoms with van der Waals surface area (Å²) in [5.74, 6) is 0.307. The molecule has 2 fully saturated rings. The van der Waals surface area contributed by atoms with Gasteiger partial charge >= 0.3 is 0 Å². The van der Waals surface area contributed by atoms with Crippen LogP contribution in [-0.2, 0) is 9.53 Å². The van der Waals surface area contributed by atoms with Crippen molar-refractivity contribution in [1.29, 1.82) is 0 Å². The molecule has 1 heterocycles. The summed E-state index contributed by atoms with van der Waals surface area (Å²) in [6, 6.07) is 0.0701. The van der Waals surface area contributed by atoms with E-state index in [9.17, 15) is 4.79 Å². The Labute approximate surface area is 103 Å². The van der Waals surface area contributed by atoms with Gasteiger partial charge in [0.1, 0.15) is 0 Å². The Morgan fingerprint density at radius 2 is 2.18 bits per heavy atom. The van der Waals surface area contributed by atoms with Crippen molar-refractivity contribution >= 4 is 5.91 Å².